The van der Waals surface area contributed by atoms with Gasteiger partial charge in [0.25, 0.3) is 0 Å². The summed E-state index contributed by atoms with van der Waals surface area (Å²) >= 11 is 0. The minimum atomic E-state index is -1.52. The van der Waals surface area contributed by atoms with Gasteiger partial charge in [0.1, 0.15) is 0 Å². The molecule has 5 nitrogen and oxygen atoms in total. The number of halogens is 3. The number of rotatable bonds is 3. The first kappa shape index (κ1) is 15.5. The van der Waals surface area contributed by atoms with E-state index in [-0.39, 0.29) is 29.1 Å². The molecule has 2 N–H and O–H groups in total. The molecule has 1 saturated carbocycles. The number of pyridine rings is 1. The minimum Gasteiger partial charge on any atom is -0.493 e. The third-order valence-electron chi connectivity index (χ3n) is 4.37. The smallest absolute Gasteiger partial charge is 0.328 e. The van der Waals surface area contributed by atoms with E-state index < -0.39 is 17.5 Å². The molecule has 0 unspecified atom stereocenters. The van der Waals surface area contributed by atoms with Crippen LogP contribution in [0.4, 0.5) is 13.2 Å². The van der Waals surface area contributed by atoms with Crippen molar-refractivity contribution in [3.05, 3.63) is 70.2 Å². The van der Waals surface area contributed by atoms with E-state index in [1.165, 1.54) is 10.8 Å². The second-order valence-corrected chi connectivity index (χ2v) is 5.96. The normalized spacial score (nSPS) is 19.2. The number of benzene rings is 1. The van der Waals surface area contributed by atoms with Gasteiger partial charge in [-0.1, -0.05) is 6.07 Å². The summed E-state index contributed by atoms with van der Waals surface area (Å²) in [5.74, 6) is -4.17. The molecule has 0 saturated heterocycles. The maximum Gasteiger partial charge on any atom is 0.328 e. The Bertz CT molecular complexity index is 988. The fraction of sp³-hybridized carbons (Fsp3) is 0.176. The van der Waals surface area contributed by atoms with E-state index in [2.05, 4.69) is 9.97 Å². The highest BCUT2D eigenvalue weighted by atomic mass is 19.2. The lowest BCUT2D eigenvalue weighted by molar-refractivity contribution is 0.413. The number of H-pyrrole nitrogens is 1. The molecule has 1 aliphatic rings. The summed E-state index contributed by atoms with van der Waals surface area (Å²) in [5, 5.41) is 9.69. The molecule has 2 atom stereocenters. The maximum atomic E-state index is 13.3. The number of hydrogen-bond donors (Lipinski definition) is 2. The van der Waals surface area contributed by atoms with Crippen molar-refractivity contribution in [1.29, 1.82) is 0 Å². The summed E-state index contributed by atoms with van der Waals surface area (Å²) < 4.78 is 41.0. The average Bonchev–Trinajstić information content (AvgIpc) is 3.31. The Balaban J connectivity index is 1.59. The largest absolute Gasteiger partial charge is 0.493 e. The van der Waals surface area contributed by atoms with E-state index in [0.717, 1.165) is 17.7 Å². The molecule has 128 valence electrons. The SMILES string of the molecule is O=c1[nH]cc(O)n1[C@H]1C[C@@H]1c1ccc(-c2cc(F)c(F)c(F)c2)nc1. The number of aromatic hydroxyl groups is 1. The molecule has 1 aromatic carbocycles. The highest BCUT2D eigenvalue weighted by molar-refractivity contribution is 5.59. The van der Waals surface area contributed by atoms with Crippen molar-refractivity contribution in [2.45, 2.75) is 18.4 Å². The van der Waals surface area contributed by atoms with Crippen LogP contribution in [0.15, 0.2) is 41.5 Å². The first-order valence-corrected chi connectivity index (χ1v) is 7.55. The standard InChI is InChI=1S/C17H12F3N3O2/c18-11-3-9(4-12(19)16(11)20)13-2-1-8(6-21-13)10-5-14(10)23-15(24)7-22-17(23)25/h1-4,6-7,10,14,24H,5H2,(H,22,25)/t10-,14+/m1/s1. The number of hydrogen-bond acceptors (Lipinski definition) is 3. The van der Waals surface area contributed by atoms with Crippen LogP contribution in [0.25, 0.3) is 11.3 Å². The molecule has 1 fully saturated rings. The maximum absolute atomic E-state index is 13.3. The second kappa shape index (κ2) is 5.51. The lowest BCUT2D eigenvalue weighted by Crippen LogP contribution is -2.15. The summed E-state index contributed by atoms with van der Waals surface area (Å²) in [4.78, 5) is 18.2. The topological polar surface area (TPSA) is 70.9 Å². The van der Waals surface area contributed by atoms with Crippen LogP contribution >= 0.6 is 0 Å². The Morgan fingerprint density at radius 3 is 2.48 bits per heavy atom. The summed E-state index contributed by atoms with van der Waals surface area (Å²) in [7, 11) is 0. The number of aromatic nitrogens is 3. The zero-order valence-corrected chi connectivity index (χ0v) is 12.7. The van der Waals surface area contributed by atoms with E-state index in [4.69, 9.17) is 0 Å². The van der Waals surface area contributed by atoms with Crippen LogP contribution in [-0.4, -0.2) is 19.6 Å². The molecule has 25 heavy (non-hydrogen) atoms. The second-order valence-electron chi connectivity index (χ2n) is 5.96. The molecule has 8 heteroatoms. The van der Waals surface area contributed by atoms with Gasteiger partial charge in [-0.3, -0.25) is 9.55 Å². The average molecular weight is 347 g/mol. The van der Waals surface area contributed by atoms with Crippen LogP contribution in [-0.2, 0) is 0 Å². The molecule has 0 aliphatic heterocycles. The van der Waals surface area contributed by atoms with Gasteiger partial charge in [0.15, 0.2) is 17.5 Å². The monoisotopic (exact) mass is 347 g/mol. The van der Waals surface area contributed by atoms with E-state index >= 15 is 0 Å². The number of imidazole rings is 1. The van der Waals surface area contributed by atoms with Gasteiger partial charge < -0.3 is 10.1 Å². The lowest BCUT2D eigenvalue weighted by atomic mass is 10.1. The van der Waals surface area contributed by atoms with Gasteiger partial charge in [0, 0.05) is 23.7 Å². The van der Waals surface area contributed by atoms with E-state index in [9.17, 15) is 23.1 Å². The van der Waals surface area contributed by atoms with Crippen molar-refractivity contribution in [3.63, 3.8) is 0 Å². The van der Waals surface area contributed by atoms with Crippen molar-refractivity contribution in [1.82, 2.24) is 14.5 Å². The molecular weight excluding hydrogens is 335 g/mol. The van der Waals surface area contributed by atoms with Crippen molar-refractivity contribution in [2.75, 3.05) is 0 Å². The summed E-state index contributed by atoms with van der Waals surface area (Å²) in [5.41, 5.74) is 0.895. The van der Waals surface area contributed by atoms with Crippen LogP contribution < -0.4 is 5.69 Å². The first-order chi connectivity index (χ1) is 12.0. The Morgan fingerprint density at radius 2 is 1.92 bits per heavy atom. The van der Waals surface area contributed by atoms with Crippen molar-refractivity contribution >= 4 is 0 Å². The third kappa shape index (κ3) is 2.59. The summed E-state index contributed by atoms with van der Waals surface area (Å²) in [6, 6.07) is 4.93. The highest BCUT2D eigenvalue weighted by Crippen LogP contribution is 2.51. The Hall–Kier alpha value is -3.03. The van der Waals surface area contributed by atoms with E-state index in [0.29, 0.717) is 12.1 Å². The van der Waals surface area contributed by atoms with Gasteiger partial charge in [0.2, 0.25) is 5.88 Å². The quantitative estimate of drug-likeness (QED) is 0.715. The summed E-state index contributed by atoms with van der Waals surface area (Å²) in [6.07, 6.45) is 3.46. The molecule has 2 aromatic heterocycles. The zero-order valence-electron chi connectivity index (χ0n) is 12.7. The van der Waals surface area contributed by atoms with Crippen LogP contribution in [0.2, 0.25) is 0 Å². The predicted octanol–water partition coefficient (Wildman–Crippen LogP) is 3.09. The van der Waals surface area contributed by atoms with Gasteiger partial charge in [-0.25, -0.2) is 18.0 Å². The lowest BCUT2D eigenvalue weighted by Gasteiger charge is -2.06. The number of nitrogens with zero attached hydrogens (tertiary/aromatic N) is 2. The van der Waals surface area contributed by atoms with Gasteiger partial charge in [-0.2, -0.15) is 0 Å². The van der Waals surface area contributed by atoms with Crippen LogP contribution in [0, 0.1) is 17.5 Å². The highest BCUT2D eigenvalue weighted by Gasteiger charge is 2.42. The Kier molecular flexibility index (Phi) is 3.41. The molecule has 1 aliphatic carbocycles. The van der Waals surface area contributed by atoms with E-state index in [1.807, 2.05) is 0 Å². The fourth-order valence-electron chi connectivity index (χ4n) is 3.01. The van der Waals surface area contributed by atoms with Crippen LogP contribution in [0.3, 0.4) is 0 Å². The Labute approximate surface area is 139 Å². The van der Waals surface area contributed by atoms with Crippen LogP contribution in [0.1, 0.15) is 23.9 Å². The van der Waals surface area contributed by atoms with Gasteiger partial charge >= 0.3 is 5.69 Å². The van der Waals surface area contributed by atoms with E-state index in [1.54, 1.807) is 18.3 Å². The molecule has 4 rings (SSSR count). The number of aromatic amines is 1. The fourth-order valence-corrected chi connectivity index (χ4v) is 3.01. The third-order valence-corrected chi connectivity index (χ3v) is 4.37. The zero-order chi connectivity index (χ0) is 17.7. The molecule has 0 radical (unpaired) electrons. The molecular formula is C17H12F3N3O2. The molecule has 0 amide bonds. The van der Waals surface area contributed by atoms with Gasteiger partial charge in [0.05, 0.1) is 11.9 Å². The molecule has 0 bridgehead atoms. The van der Waals surface area contributed by atoms with Gasteiger partial charge in [-0.05, 0) is 30.2 Å². The number of nitrogens with one attached hydrogen (secondary N) is 1. The van der Waals surface area contributed by atoms with Crippen LogP contribution in [0.5, 0.6) is 5.88 Å². The predicted molar refractivity (Wildman–Crippen MR) is 82.7 cm³/mol. The first-order valence-electron chi connectivity index (χ1n) is 7.55. The van der Waals surface area contributed by atoms with Crippen molar-refractivity contribution < 1.29 is 18.3 Å². The van der Waals surface area contributed by atoms with Crippen molar-refractivity contribution in [2.24, 2.45) is 0 Å². The Morgan fingerprint density at radius 1 is 1.20 bits per heavy atom. The molecule has 3 aromatic rings. The van der Waals surface area contributed by atoms with Gasteiger partial charge in [-0.15, -0.1) is 0 Å². The molecule has 0 spiro atoms. The van der Waals surface area contributed by atoms with Crippen molar-refractivity contribution in [3.8, 4) is 17.1 Å². The minimum absolute atomic E-state index is 0.0163. The summed E-state index contributed by atoms with van der Waals surface area (Å²) in [6.45, 7) is 0. The molecule has 2 heterocycles.